The topological polar surface area (TPSA) is 95.1 Å². The molecule has 3 N–H and O–H groups in total. The van der Waals surface area contributed by atoms with Crippen molar-refractivity contribution in [3.05, 3.63) is 88.9 Å². The van der Waals surface area contributed by atoms with E-state index in [9.17, 15) is 4.79 Å². The lowest BCUT2D eigenvalue weighted by atomic mass is 10.1. The van der Waals surface area contributed by atoms with Gasteiger partial charge in [-0.05, 0) is 57.0 Å². The summed E-state index contributed by atoms with van der Waals surface area (Å²) in [7, 11) is 0. The molecule has 4 rings (SSSR count). The van der Waals surface area contributed by atoms with Gasteiger partial charge in [-0.25, -0.2) is 9.97 Å². The van der Waals surface area contributed by atoms with Gasteiger partial charge in [0.15, 0.2) is 0 Å². The van der Waals surface area contributed by atoms with Gasteiger partial charge in [0.25, 0.3) is 5.91 Å². The number of rotatable bonds is 5. The molecule has 2 aromatic carbocycles. The standard InChI is InChI=1S/C25H26N6O/c1-16-7-6-8-19(13-16)23(32)30-24(31-25-28-17(2)14-18(3)29-25)26-12-11-20-15-27-22-10-5-4-9-21(20)22/h4-10,13-15,27H,11-12H2,1-3H3,(H2,26,28,29,30,31,32). The van der Waals surface area contributed by atoms with Crippen LogP contribution in [0.4, 0.5) is 5.95 Å². The number of aromatic amines is 1. The number of amides is 1. The van der Waals surface area contributed by atoms with Crippen LogP contribution >= 0.6 is 0 Å². The van der Waals surface area contributed by atoms with Crippen molar-refractivity contribution in [2.75, 3.05) is 11.9 Å². The second-order valence-corrected chi connectivity index (χ2v) is 7.76. The van der Waals surface area contributed by atoms with E-state index in [4.69, 9.17) is 0 Å². The van der Waals surface area contributed by atoms with Crippen molar-refractivity contribution in [3.8, 4) is 0 Å². The third kappa shape index (κ3) is 5.18. The number of aromatic nitrogens is 3. The summed E-state index contributed by atoms with van der Waals surface area (Å²) in [5, 5.41) is 7.14. The highest BCUT2D eigenvalue weighted by molar-refractivity contribution is 6.09. The van der Waals surface area contributed by atoms with E-state index in [1.165, 1.54) is 10.9 Å². The Morgan fingerprint density at radius 3 is 2.56 bits per heavy atom. The first-order valence-electron chi connectivity index (χ1n) is 10.5. The molecule has 0 saturated heterocycles. The van der Waals surface area contributed by atoms with Crippen LogP contribution in [0.15, 0.2) is 65.8 Å². The number of para-hydroxylation sites is 1. The second-order valence-electron chi connectivity index (χ2n) is 7.76. The number of hydrogen-bond donors (Lipinski definition) is 3. The molecule has 0 fully saturated rings. The molecule has 0 radical (unpaired) electrons. The van der Waals surface area contributed by atoms with Crippen LogP contribution < -0.4 is 10.6 Å². The highest BCUT2D eigenvalue weighted by Crippen LogP contribution is 2.18. The number of aliphatic imine (C=N–C) groups is 1. The fourth-order valence-electron chi connectivity index (χ4n) is 3.59. The summed E-state index contributed by atoms with van der Waals surface area (Å²) in [5.41, 5.74) is 5.53. The number of nitrogens with one attached hydrogen (secondary N) is 3. The Balaban J connectivity index is 1.54. The Bertz CT molecular complexity index is 1270. The SMILES string of the molecule is Cc1cccc(C(=O)NC(=NCCc2c[nH]c3ccccc23)Nc2nc(C)cc(C)n2)c1. The van der Waals surface area contributed by atoms with Crippen LogP contribution in [0.5, 0.6) is 0 Å². The maximum atomic E-state index is 12.8. The Morgan fingerprint density at radius 2 is 1.78 bits per heavy atom. The summed E-state index contributed by atoms with van der Waals surface area (Å²) >= 11 is 0. The monoisotopic (exact) mass is 426 g/mol. The van der Waals surface area contributed by atoms with Crippen LogP contribution in [0.2, 0.25) is 0 Å². The predicted octanol–water partition coefficient (Wildman–Crippen LogP) is 4.32. The molecule has 0 unspecified atom stereocenters. The first kappa shape index (κ1) is 21.2. The molecule has 32 heavy (non-hydrogen) atoms. The third-order valence-electron chi connectivity index (χ3n) is 5.05. The summed E-state index contributed by atoms with van der Waals surface area (Å²) in [6.07, 6.45) is 2.73. The Kier molecular flexibility index (Phi) is 6.26. The number of H-pyrrole nitrogens is 1. The van der Waals surface area contributed by atoms with Crippen molar-refractivity contribution < 1.29 is 4.79 Å². The van der Waals surface area contributed by atoms with Crippen molar-refractivity contribution in [1.82, 2.24) is 20.3 Å². The van der Waals surface area contributed by atoms with Gasteiger partial charge in [-0.3, -0.25) is 20.4 Å². The van der Waals surface area contributed by atoms with E-state index in [-0.39, 0.29) is 5.91 Å². The van der Waals surface area contributed by atoms with Crippen LogP contribution in [0.25, 0.3) is 10.9 Å². The minimum atomic E-state index is -0.239. The molecule has 0 saturated carbocycles. The van der Waals surface area contributed by atoms with Crippen molar-refractivity contribution in [3.63, 3.8) is 0 Å². The van der Waals surface area contributed by atoms with Crippen molar-refractivity contribution >= 4 is 28.7 Å². The van der Waals surface area contributed by atoms with Gasteiger partial charge in [0.05, 0.1) is 0 Å². The third-order valence-corrected chi connectivity index (χ3v) is 5.05. The molecule has 0 spiro atoms. The molecule has 2 aromatic heterocycles. The van der Waals surface area contributed by atoms with Gasteiger partial charge in [0, 0.05) is 40.6 Å². The van der Waals surface area contributed by atoms with Crippen molar-refractivity contribution in [2.45, 2.75) is 27.2 Å². The normalized spacial score (nSPS) is 11.5. The van der Waals surface area contributed by atoms with Gasteiger partial charge < -0.3 is 4.98 Å². The maximum absolute atomic E-state index is 12.8. The van der Waals surface area contributed by atoms with E-state index in [1.54, 1.807) is 6.07 Å². The van der Waals surface area contributed by atoms with E-state index in [0.29, 0.717) is 24.0 Å². The smallest absolute Gasteiger partial charge is 0.257 e. The number of carbonyl (C=O) groups excluding carboxylic acids is 1. The van der Waals surface area contributed by atoms with Crippen LogP contribution in [0.1, 0.15) is 32.9 Å². The van der Waals surface area contributed by atoms with Gasteiger partial charge in [0.2, 0.25) is 11.9 Å². The Labute approximate surface area is 187 Å². The first-order chi connectivity index (χ1) is 15.5. The molecule has 7 heteroatoms. The maximum Gasteiger partial charge on any atom is 0.257 e. The molecule has 162 valence electrons. The Morgan fingerprint density at radius 1 is 1.00 bits per heavy atom. The zero-order valence-electron chi connectivity index (χ0n) is 18.4. The summed E-state index contributed by atoms with van der Waals surface area (Å²) < 4.78 is 0. The van der Waals surface area contributed by atoms with E-state index in [1.807, 2.05) is 63.4 Å². The molecule has 1 amide bonds. The van der Waals surface area contributed by atoms with Gasteiger partial charge >= 0.3 is 0 Å². The lowest BCUT2D eigenvalue weighted by Crippen LogP contribution is -2.37. The lowest BCUT2D eigenvalue weighted by molar-refractivity contribution is 0.0977. The summed E-state index contributed by atoms with van der Waals surface area (Å²) in [4.78, 5) is 29.5. The number of guanidine groups is 1. The number of benzene rings is 2. The van der Waals surface area contributed by atoms with Crippen molar-refractivity contribution in [1.29, 1.82) is 0 Å². The average molecular weight is 427 g/mol. The molecular formula is C25H26N6O. The quantitative estimate of drug-likeness (QED) is 0.327. The zero-order chi connectivity index (χ0) is 22.5. The average Bonchev–Trinajstić information content (AvgIpc) is 3.16. The summed E-state index contributed by atoms with van der Waals surface area (Å²) in [6.45, 7) is 6.25. The van der Waals surface area contributed by atoms with Gasteiger partial charge in [0.1, 0.15) is 0 Å². The van der Waals surface area contributed by atoms with Crippen molar-refractivity contribution in [2.24, 2.45) is 4.99 Å². The molecule has 0 aliphatic rings. The zero-order valence-corrected chi connectivity index (χ0v) is 18.4. The van der Waals surface area contributed by atoms with Gasteiger partial charge in [-0.15, -0.1) is 0 Å². The lowest BCUT2D eigenvalue weighted by Gasteiger charge is -2.12. The van der Waals surface area contributed by atoms with E-state index in [2.05, 4.69) is 42.7 Å². The van der Waals surface area contributed by atoms with Crippen LogP contribution in [-0.2, 0) is 6.42 Å². The van der Waals surface area contributed by atoms with Gasteiger partial charge in [-0.1, -0.05) is 35.9 Å². The molecule has 7 nitrogen and oxygen atoms in total. The number of hydrogen-bond acceptors (Lipinski definition) is 4. The fourth-order valence-corrected chi connectivity index (χ4v) is 3.59. The molecule has 0 atom stereocenters. The Hall–Kier alpha value is -4.00. The molecular weight excluding hydrogens is 400 g/mol. The second kappa shape index (κ2) is 9.43. The minimum Gasteiger partial charge on any atom is -0.361 e. The predicted molar refractivity (Wildman–Crippen MR) is 128 cm³/mol. The van der Waals surface area contributed by atoms with Crippen LogP contribution in [-0.4, -0.2) is 33.4 Å². The number of carbonyl (C=O) groups is 1. The number of nitrogens with zero attached hydrogens (tertiary/aromatic N) is 3. The van der Waals surface area contributed by atoms with Crippen LogP contribution in [0, 0.1) is 20.8 Å². The molecule has 0 aliphatic heterocycles. The largest absolute Gasteiger partial charge is 0.361 e. The number of anilines is 1. The minimum absolute atomic E-state index is 0.239. The highest BCUT2D eigenvalue weighted by Gasteiger charge is 2.11. The highest BCUT2D eigenvalue weighted by atomic mass is 16.1. The molecule has 0 bridgehead atoms. The van der Waals surface area contributed by atoms with Crippen LogP contribution in [0.3, 0.4) is 0 Å². The van der Waals surface area contributed by atoms with E-state index in [0.717, 1.165) is 28.9 Å². The first-order valence-corrected chi connectivity index (χ1v) is 10.5. The fraction of sp³-hybridized carbons (Fsp3) is 0.200. The number of fused-ring (bicyclic) bond motifs is 1. The summed E-state index contributed by atoms with van der Waals surface area (Å²) in [5.74, 6) is 0.482. The molecule has 0 aliphatic carbocycles. The molecule has 4 aromatic rings. The van der Waals surface area contributed by atoms with E-state index < -0.39 is 0 Å². The molecule has 2 heterocycles. The summed E-state index contributed by atoms with van der Waals surface area (Å²) in [6, 6.07) is 17.5. The van der Waals surface area contributed by atoms with E-state index >= 15 is 0 Å². The number of aryl methyl sites for hydroxylation is 3. The van der Waals surface area contributed by atoms with Gasteiger partial charge in [-0.2, -0.15) is 0 Å².